The molecule has 0 radical (unpaired) electrons. The van der Waals surface area contributed by atoms with Crippen LogP contribution in [0.3, 0.4) is 0 Å². The van der Waals surface area contributed by atoms with Crippen LogP contribution in [0.15, 0.2) is 35.6 Å². The Morgan fingerprint density at radius 3 is 2.72 bits per heavy atom. The minimum Gasteiger partial charge on any atom is -0.493 e. The summed E-state index contributed by atoms with van der Waals surface area (Å²) in [5.41, 5.74) is 2.23. The predicted octanol–water partition coefficient (Wildman–Crippen LogP) is 3.50. The Balaban J connectivity index is 0.00000300. The summed E-state index contributed by atoms with van der Waals surface area (Å²) in [6.07, 6.45) is 8.87. The molecule has 0 spiro atoms. The Labute approximate surface area is 190 Å². The largest absolute Gasteiger partial charge is 0.493 e. The molecule has 2 N–H and O–H groups in total. The lowest BCUT2D eigenvalue weighted by Crippen LogP contribution is -2.38. The lowest BCUT2D eigenvalue weighted by Gasteiger charge is -2.20. The van der Waals surface area contributed by atoms with Crippen LogP contribution in [0.1, 0.15) is 36.8 Å². The molecule has 2 aromatic rings. The van der Waals surface area contributed by atoms with Gasteiger partial charge in [0.1, 0.15) is 0 Å². The van der Waals surface area contributed by atoms with E-state index in [9.17, 15) is 0 Å². The van der Waals surface area contributed by atoms with Crippen molar-refractivity contribution in [2.45, 2.75) is 51.8 Å². The Morgan fingerprint density at radius 2 is 2.07 bits per heavy atom. The van der Waals surface area contributed by atoms with Gasteiger partial charge in [-0.05, 0) is 44.2 Å². The van der Waals surface area contributed by atoms with Gasteiger partial charge in [0.15, 0.2) is 17.5 Å². The number of aromatic nitrogens is 2. The lowest BCUT2D eigenvalue weighted by molar-refractivity contribution is 0.198. The monoisotopic (exact) mass is 513 g/mol. The molecule has 0 amide bonds. The number of nitrogens with one attached hydrogen (secondary N) is 2. The molecule has 1 aromatic carbocycles. The maximum Gasteiger partial charge on any atom is 0.191 e. The van der Waals surface area contributed by atoms with Crippen molar-refractivity contribution in [3.05, 3.63) is 41.7 Å². The van der Waals surface area contributed by atoms with Crippen molar-refractivity contribution in [3.63, 3.8) is 0 Å². The Kier molecular flexibility index (Phi) is 9.56. The van der Waals surface area contributed by atoms with E-state index in [1.165, 1.54) is 12.8 Å². The third kappa shape index (κ3) is 6.80. The Morgan fingerprint density at radius 1 is 1.28 bits per heavy atom. The van der Waals surface area contributed by atoms with Crippen LogP contribution >= 0.6 is 24.0 Å². The normalized spacial score (nSPS) is 14.4. The van der Waals surface area contributed by atoms with Crippen LogP contribution in [-0.4, -0.2) is 42.5 Å². The average molecular weight is 513 g/mol. The minimum absolute atomic E-state index is 0. The van der Waals surface area contributed by atoms with Crippen molar-refractivity contribution in [2.24, 2.45) is 4.99 Å². The fourth-order valence-electron chi connectivity index (χ4n) is 3.45. The van der Waals surface area contributed by atoms with E-state index in [-0.39, 0.29) is 30.1 Å². The van der Waals surface area contributed by atoms with E-state index in [2.05, 4.69) is 26.8 Å². The molecule has 29 heavy (non-hydrogen) atoms. The Bertz CT molecular complexity index is 787. The maximum absolute atomic E-state index is 6.30. The molecular weight excluding hydrogens is 481 g/mol. The van der Waals surface area contributed by atoms with Crippen molar-refractivity contribution in [1.82, 2.24) is 20.4 Å². The van der Waals surface area contributed by atoms with Gasteiger partial charge in [-0.2, -0.15) is 5.10 Å². The highest BCUT2D eigenvalue weighted by Crippen LogP contribution is 2.34. The van der Waals surface area contributed by atoms with Crippen molar-refractivity contribution >= 4 is 29.9 Å². The number of para-hydroxylation sites is 1. The van der Waals surface area contributed by atoms with E-state index in [4.69, 9.17) is 9.47 Å². The quantitative estimate of drug-likeness (QED) is 0.321. The second-order valence-corrected chi connectivity index (χ2v) is 7.11. The van der Waals surface area contributed by atoms with Gasteiger partial charge in [0, 0.05) is 31.9 Å². The molecule has 0 atom stereocenters. The van der Waals surface area contributed by atoms with Gasteiger partial charge in [0.05, 0.1) is 26.0 Å². The third-order valence-electron chi connectivity index (χ3n) is 4.93. The number of ether oxygens (including phenoxy) is 2. The van der Waals surface area contributed by atoms with E-state index in [1.807, 2.05) is 36.1 Å². The second-order valence-electron chi connectivity index (χ2n) is 7.11. The first kappa shape index (κ1) is 23.3. The lowest BCUT2D eigenvalue weighted by atomic mass is 10.1. The first-order chi connectivity index (χ1) is 13.7. The van der Waals surface area contributed by atoms with Crippen molar-refractivity contribution in [2.75, 3.05) is 20.7 Å². The van der Waals surface area contributed by atoms with Crippen LogP contribution in [0, 0.1) is 6.92 Å². The minimum atomic E-state index is 0. The summed E-state index contributed by atoms with van der Waals surface area (Å²) in [6.45, 7) is 4.17. The molecule has 160 valence electrons. The number of aryl methyl sites for hydroxylation is 1. The van der Waals surface area contributed by atoms with Crippen LogP contribution in [0.2, 0.25) is 0 Å². The van der Waals surface area contributed by atoms with E-state index in [0.717, 1.165) is 54.5 Å². The van der Waals surface area contributed by atoms with Crippen LogP contribution in [0.4, 0.5) is 0 Å². The molecule has 1 heterocycles. The summed E-state index contributed by atoms with van der Waals surface area (Å²) in [5, 5.41) is 11.0. The molecule has 1 saturated carbocycles. The molecule has 7 nitrogen and oxygen atoms in total. The van der Waals surface area contributed by atoms with Gasteiger partial charge in [0.2, 0.25) is 0 Å². The zero-order chi connectivity index (χ0) is 19.8. The fourth-order valence-corrected chi connectivity index (χ4v) is 3.45. The molecule has 0 saturated heterocycles. The summed E-state index contributed by atoms with van der Waals surface area (Å²) < 4.78 is 13.8. The van der Waals surface area contributed by atoms with Gasteiger partial charge in [-0.3, -0.25) is 9.67 Å². The second kappa shape index (κ2) is 11.9. The van der Waals surface area contributed by atoms with E-state index >= 15 is 0 Å². The first-order valence-electron chi connectivity index (χ1n) is 9.95. The van der Waals surface area contributed by atoms with Gasteiger partial charge in [0.25, 0.3) is 0 Å². The maximum atomic E-state index is 6.30. The molecule has 0 unspecified atom stereocenters. The van der Waals surface area contributed by atoms with Gasteiger partial charge in [-0.15, -0.1) is 24.0 Å². The summed E-state index contributed by atoms with van der Waals surface area (Å²) >= 11 is 0. The highest BCUT2D eigenvalue weighted by molar-refractivity contribution is 14.0. The van der Waals surface area contributed by atoms with Crippen molar-refractivity contribution in [1.29, 1.82) is 0 Å². The molecule has 1 aliphatic carbocycles. The summed E-state index contributed by atoms with van der Waals surface area (Å²) in [6, 6.07) is 6.01. The van der Waals surface area contributed by atoms with Crippen LogP contribution in [0.5, 0.6) is 11.5 Å². The summed E-state index contributed by atoms with van der Waals surface area (Å²) in [4.78, 5) is 4.31. The molecule has 1 fully saturated rings. The number of halogens is 1. The van der Waals surface area contributed by atoms with Gasteiger partial charge in [-0.25, -0.2) is 0 Å². The highest BCUT2D eigenvalue weighted by Gasteiger charge is 2.20. The third-order valence-corrected chi connectivity index (χ3v) is 4.93. The number of hydrogen-bond acceptors (Lipinski definition) is 4. The van der Waals surface area contributed by atoms with Gasteiger partial charge >= 0.3 is 0 Å². The zero-order valence-electron chi connectivity index (χ0n) is 17.5. The first-order valence-corrected chi connectivity index (χ1v) is 9.95. The zero-order valence-corrected chi connectivity index (χ0v) is 19.8. The molecular formula is C21H32IN5O2. The number of methoxy groups -OCH3 is 1. The number of guanidine groups is 1. The van der Waals surface area contributed by atoms with Crippen LogP contribution in [-0.2, 0) is 13.1 Å². The Hall–Kier alpha value is -1.97. The number of benzene rings is 1. The van der Waals surface area contributed by atoms with E-state index in [1.54, 1.807) is 14.2 Å². The number of nitrogens with zero attached hydrogens (tertiary/aromatic N) is 3. The molecule has 3 rings (SSSR count). The average Bonchev–Trinajstić information content (AvgIpc) is 3.37. The highest BCUT2D eigenvalue weighted by atomic mass is 127. The predicted molar refractivity (Wildman–Crippen MR) is 126 cm³/mol. The van der Waals surface area contributed by atoms with E-state index in [0.29, 0.717) is 6.54 Å². The van der Waals surface area contributed by atoms with Crippen LogP contribution < -0.4 is 20.1 Å². The smallest absolute Gasteiger partial charge is 0.191 e. The molecule has 1 aromatic heterocycles. The van der Waals surface area contributed by atoms with Crippen LogP contribution in [0.25, 0.3) is 0 Å². The summed E-state index contributed by atoms with van der Waals surface area (Å²) in [5.74, 6) is 2.37. The number of rotatable bonds is 8. The number of hydrogen-bond donors (Lipinski definition) is 2. The molecule has 8 heteroatoms. The van der Waals surface area contributed by atoms with Gasteiger partial charge < -0.3 is 20.1 Å². The van der Waals surface area contributed by atoms with Crippen molar-refractivity contribution in [3.8, 4) is 11.5 Å². The fraction of sp³-hybridized carbons (Fsp3) is 0.524. The topological polar surface area (TPSA) is 72.7 Å². The standard InChI is InChI=1S/C21H31N5O2.HI/c1-16-13-25-26(15-16)12-11-23-21(22-2)24-14-17-7-6-10-19(27-3)20(17)28-18-8-4-5-9-18;/h6-7,10,13,15,18H,4-5,8-9,11-12,14H2,1-3H3,(H2,22,23,24);1H. The molecule has 1 aliphatic rings. The number of aliphatic imine (C=N–C) groups is 1. The van der Waals surface area contributed by atoms with Gasteiger partial charge in [-0.1, -0.05) is 12.1 Å². The van der Waals surface area contributed by atoms with E-state index < -0.39 is 0 Å². The SMILES string of the molecule is CN=C(NCCn1cc(C)cn1)NCc1cccc(OC)c1OC1CCCC1.I. The molecule has 0 aliphatic heterocycles. The van der Waals surface area contributed by atoms with Crippen molar-refractivity contribution < 1.29 is 9.47 Å². The summed E-state index contributed by atoms with van der Waals surface area (Å²) in [7, 11) is 3.46. The molecule has 0 bridgehead atoms.